The number of aliphatic imine (C=N–C) groups is 1. The molecule has 2 fully saturated rings. The van der Waals surface area contributed by atoms with Gasteiger partial charge in [-0.2, -0.15) is 5.10 Å². The summed E-state index contributed by atoms with van der Waals surface area (Å²) in [5.74, 6) is 1.85. The first-order chi connectivity index (χ1) is 11.6. The summed E-state index contributed by atoms with van der Waals surface area (Å²) >= 11 is 0. The van der Waals surface area contributed by atoms with Gasteiger partial charge in [0.25, 0.3) is 0 Å². The van der Waals surface area contributed by atoms with E-state index in [2.05, 4.69) is 32.2 Å². The van der Waals surface area contributed by atoms with E-state index in [0.717, 1.165) is 24.8 Å². The summed E-state index contributed by atoms with van der Waals surface area (Å²) in [5.41, 5.74) is 0.303. The number of hydrogen-bond donors (Lipinski definition) is 1. The zero-order valence-corrected chi connectivity index (χ0v) is 15.3. The van der Waals surface area contributed by atoms with Crippen molar-refractivity contribution in [2.24, 2.45) is 17.5 Å². The molecule has 1 aromatic heterocycles. The fourth-order valence-corrected chi connectivity index (χ4v) is 4.34. The van der Waals surface area contributed by atoms with E-state index >= 15 is 0 Å². The lowest BCUT2D eigenvalue weighted by molar-refractivity contribution is -0.126. The molecule has 1 N–H and O–H groups in total. The van der Waals surface area contributed by atoms with Crippen molar-refractivity contribution in [3.8, 4) is 0 Å². The molecular weight excluding hydrogens is 304 g/mol. The van der Waals surface area contributed by atoms with Crippen molar-refractivity contribution in [1.82, 2.24) is 25.0 Å². The Labute approximate surface area is 144 Å². The van der Waals surface area contributed by atoms with Crippen LogP contribution in [0.5, 0.6) is 0 Å². The molecule has 0 radical (unpaired) electrons. The van der Waals surface area contributed by atoms with E-state index < -0.39 is 0 Å². The molecule has 1 heterocycles. The minimum Gasteiger partial charge on any atom is -0.378 e. The molecule has 7 heteroatoms. The number of hydrogen-bond acceptors (Lipinski definition) is 4. The van der Waals surface area contributed by atoms with Gasteiger partial charge in [-0.05, 0) is 26.2 Å². The average Bonchev–Trinajstić information content (AvgIpc) is 3.22. The number of ether oxygens (including phenoxy) is 1. The van der Waals surface area contributed by atoms with Gasteiger partial charge in [-0.25, -0.2) is 4.98 Å². The van der Waals surface area contributed by atoms with Gasteiger partial charge in [0, 0.05) is 39.2 Å². The molecule has 3 rings (SSSR count). The van der Waals surface area contributed by atoms with E-state index in [-0.39, 0.29) is 0 Å². The van der Waals surface area contributed by atoms with Gasteiger partial charge in [0.05, 0.1) is 12.6 Å². The molecule has 2 aliphatic carbocycles. The number of nitrogens with zero attached hydrogens (tertiary/aromatic N) is 5. The largest absolute Gasteiger partial charge is 0.378 e. The molecule has 7 nitrogen and oxygen atoms in total. The molecule has 2 atom stereocenters. The summed E-state index contributed by atoms with van der Waals surface area (Å²) in [6.07, 6.45) is 8.23. The second-order valence-corrected chi connectivity index (χ2v) is 7.02. The van der Waals surface area contributed by atoms with E-state index in [1.54, 1.807) is 11.0 Å². The average molecular weight is 334 g/mol. The third kappa shape index (κ3) is 3.01. The highest BCUT2D eigenvalue weighted by molar-refractivity contribution is 5.80. The third-order valence-corrected chi connectivity index (χ3v) is 5.75. The molecule has 0 bridgehead atoms. The molecule has 0 aliphatic heterocycles. The van der Waals surface area contributed by atoms with Crippen LogP contribution in [-0.4, -0.2) is 58.5 Å². The summed E-state index contributed by atoms with van der Waals surface area (Å²) in [6.45, 7) is 3.59. The van der Waals surface area contributed by atoms with Crippen LogP contribution >= 0.6 is 0 Å². The maximum atomic E-state index is 6.01. The molecule has 1 spiro atoms. The van der Waals surface area contributed by atoms with Crippen LogP contribution in [0.1, 0.15) is 44.9 Å². The van der Waals surface area contributed by atoms with Crippen LogP contribution < -0.4 is 5.32 Å². The quantitative estimate of drug-likeness (QED) is 0.654. The highest BCUT2D eigenvalue weighted by Gasteiger charge is 2.57. The van der Waals surface area contributed by atoms with Crippen LogP contribution in [-0.2, 0) is 18.3 Å². The Balaban J connectivity index is 1.64. The lowest BCUT2D eigenvalue weighted by atomic mass is 9.60. The second kappa shape index (κ2) is 7.09. The predicted octanol–water partition coefficient (Wildman–Crippen LogP) is 1.56. The Morgan fingerprint density at radius 2 is 2.25 bits per heavy atom. The first-order valence-corrected chi connectivity index (χ1v) is 8.99. The number of aromatic nitrogens is 3. The third-order valence-electron chi connectivity index (χ3n) is 5.75. The predicted molar refractivity (Wildman–Crippen MR) is 93.7 cm³/mol. The van der Waals surface area contributed by atoms with E-state index in [9.17, 15) is 0 Å². The van der Waals surface area contributed by atoms with Crippen molar-refractivity contribution in [1.29, 1.82) is 0 Å². The van der Waals surface area contributed by atoms with Crippen LogP contribution in [0.3, 0.4) is 0 Å². The van der Waals surface area contributed by atoms with Gasteiger partial charge in [0.15, 0.2) is 5.96 Å². The maximum absolute atomic E-state index is 6.01. The number of aryl methyl sites for hydroxylation is 1. The molecule has 2 aliphatic rings. The fourth-order valence-electron chi connectivity index (χ4n) is 4.34. The van der Waals surface area contributed by atoms with Crippen LogP contribution in [0.15, 0.2) is 11.3 Å². The minimum atomic E-state index is 0.303. The summed E-state index contributed by atoms with van der Waals surface area (Å²) in [5, 5.41) is 7.83. The van der Waals surface area contributed by atoms with Crippen molar-refractivity contribution < 1.29 is 4.74 Å². The van der Waals surface area contributed by atoms with Gasteiger partial charge in [0.2, 0.25) is 0 Å². The van der Waals surface area contributed by atoms with Gasteiger partial charge in [-0.3, -0.25) is 9.67 Å². The Hall–Kier alpha value is -1.63. The molecule has 1 aromatic rings. The molecule has 2 saturated carbocycles. The zero-order valence-electron chi connectivity index (χ0n) is 15.3. The Morgan fingerprint density at radius 1 is 1.50 bits per heavy atom. The van der Waals surface area contributed by atoms with Crippen molar-refractivity contribution in [3.63, 3.8) is 0 Å². The summed E-state index contributed by atoms with van der Waals surface area (Å²) in [4.78, 5) is 10.9. The van der Waals surface area contributed by atoms with E-state index in [0.29, 0.717) is 24.1 Å². The molecule has 134 valence electrons. The van der Waals surface area contributed by atoms with Crippen molar-refractivity contribution in [2.45, 2.75) is 57.7 Å². The Bertz CT molecular complexity index is 577. The van der Waals surface area contributed by atoms with Gasteiger partial charge in [-0.1, -0.05) is 12.8 Å². The van der Waals surface area contributed by atoms with Crippen LogP contribution in [0.25, 0.3) is 0 Å². The summed E-state index contributed by atoms with van der Waals surface area (Å²) < 4.78 is 7.81. The Kier molecular flexibility index (Phi) is 5.08. The Morgan fingerprint density at radius 3 is 2.83 bits per heavy atom. The normalized spacial score (nSPS) is 25.8. The molecular formula is C17H30N6O. The van der Waals surface area contributed by atoms with Crippen LogP contribution in [0, 0.1) is 5.41 Å². The van der Waals surface area contributed by atoms with Crippen LogP contribution in [0.4, 0.5) is 0 Å². The number of guanidine groups is 1. The summed E-state index contributed by atoms with van der Waals surface area (Å²) in [7, 11) is 5.80. The molecule has 2 unspecified atom stereocenters. The topological polar surface area (TPSA) is 67.6 Å². The zero-order chi connectivity index (χ0) is 17.2. The molecule has 24 heavy (non-hydrogen) atoms. The van der Waals surface area contributed by atoms with Gasteiger partial charge in [0.1, 0.15) is 12.2 Å². The monoisotopic (exact) mass is 334 g/mol. The number of rotatable bonds is 5. The number of nitrogens with one attached hydrogen (secondary N) is 1. The van der Waals surface area contributed by atoms with Crippen LogP contribution in [0.2, 0.25) is 0 Å². The summed E-state index contributed by atoms with van der Waals surface area (Å²) in [6, 6.07) is 0.456. The van der Waals surface area contributed by atoms with Gasteiger partial charge in [-0.15, -0.1) is 0 Å². The first-order valence-electron chi connectivity index (χ1n) is 8.99. The SMILES string of the molecule is CCOC1CC(NC(=NC)N(C)Cc2ncnn2C)C12CCCC2. The van der Waals surface area contributed by atoms with Crippen molar-refractivity contribution in [3.05, 3.63) is 12.2 Å². The highest BCUT2D eigenvalue weighted by Crippen LogP contribution is 2.54. The van der Waals surface area contributed by atoms with Crippen molar-refractivity contribution in [2.75, 3.05) is 20.7 Å². The molecule has 0 saturated heterocycles. The van der Waals surface area contributed by atoms with Crippen molar-refractivity contribution >= 4 is 5.96 Å². The van der Waals surface area contributed by atoms with E-state index in [4.69, 9.17) is 4.74 Å². The molecule has 0 amide bonds. The van der Waals surface area contributed by atoms with Gasteiger partial charge >= 0.3 is 0 Å². The second-order valence-electron chi connectivity index (χ2n) is 7.02. The van der Waals surface area contributed by atoms with E-state index in [1.165, 1.54) is 25.7 Å². The fraction of sp³-hybridized carbons (Fsp3) is 0.824. The minimum absolute atomic E-state index is 0.303. The first kappa shape index (κ1) is 17.2. The smallest absolute Gasteiger partial charge is 0.194 e. The lowest BCUT2D eigenvalue weighted by Gasteiger charge is -2.54. The lowest BCUT2D eigenvalue weighted by Crippen LogP contribution is -2.65. The standard InChI is InChI=1S/C17H30N6O/c1-5-24-14-10-13(17(14)8-6-7-9-17)21-16(18-2)22(3)11-15-19-12-20-23(15)4/h12-14H,5-11H2,1-4H3,(H,18,21). The molecule has 0 aromatic carbocycles. The maximum Gasteiger partial charge on any atom is 0.194 e. The van der Waals surface area contributed by atoms with E-state index in [1.807, 2.05) is 21.1 Å². The highest BCUT2D eigenvalue weighted by atomic mass is 16.5. The van der Waals surface area contributed by atoms with Gasteiger partial charge < -0.3 is 15.0 Å².